The molecule has 40 heavy (non-hydrogen) atoms. The Labute approximate surface area is 253 Å². The van der Waals surface area contributed by atoms with Gasteiger partial charge in [0.15, 0.2) is 0 Å². The van der Waals surface area contributed by atoms with Crippen LogP contribution in [0.1, 0.15) is 19.2 Å². The molecule has 0 radical (unpaired) electrons. The van der Waals surface area contributed by atoms with Crippen LogP contribution in [-0.2, 0) is 0 Å². The van der Waals surface area contributed by atoms with E-state index in [9.17, 15) is 6.85 Å². The fraction of sp³-hybridized carbons (Fsp3) is 0. The summed E-state index contributed by atoms with van der Waals surface area (Å²) in [5, 5.41) is 0.794. The summed E-state index contributed by atoms with van der Waals surface area (Å²) in [5.74, 6) is 0. The lowest BCUT2D eigenvalue weighted by atomic mass is 9.85. The summed E-state index contributed by atoms with van der Waals surface area (Å²) in [4.78, 5) is 0. The van der Waals surface area contributed by atoms with Gasteiger partial charge in [0.05, 0.1) is 19.2 Å². The highest BCUT2D eigenvalue weighted by Gasteiger charge is 2.17. The Morgan fingerprint density at radius 3 is 1.70 bits per heavy atom. The molecule has 0 aliphatic rings. The quantitative estimate of drug-likeness (QED) is 0.203. The van der Waals surface area contributed by atoms with E-state index in [1.54, 1.807) is 12.1 Å². The van der Waals surface area contributed by atoms with Crippen LogP contribution in [0.2, 0.25) is 0 Å². The van der Waals surface area contributed by atoms with Gasteiger partial charge in [0.25, 0.3) is 0 Å². The smallest absolute Gasteiger partial charge is 0.0616 e. The zero-order valence-electron chi connectivity index (χ0n) is 34.9. The minimum Gasteiger partial charge on any atom is -0.0616 e. The molecule has 0 bridgehead atoms. The van der Waals surface area contributed by atoms with Crippen LogP contribution in [0, 0.1) is 0 Å². The van der Waals surface area contributed by atoms with Gasteiger partial charge in [-0.05, 0) is 82.5 Å². The molecule has 0 atom stereocenters. The van der Waals surface area contributed by atoms with Crippen LogP contribution >= 0.6 is 0 Å². The predicted octanol–water partition coefficient (Wildman–Crippen LogP) is 11.3. The van der Waals surface area contributed by atoms with Gasteiger partial charge in [-0.3, -0.25) is 0 Å². The lowest BCUT2D eigenvalue weighted by Gasteiger charge is -2.18. The molecular weight excluding hydrogens is 480 g/mol. The Bertz CT molecular complexity index is 2880. The maximum atomic E-state index is 9.34. The molecule has 0 unspecified atom stereocenters. The molecule has 186 valence electrons. The van der Waals surface area contributed by atoms with Gasteiger partial charge in [-0.25, -0.2) is 0 Å². The Morgan fingerprint density at radius 2 is 0.975 bits per heavy atom. The second-order valence-electron chi connectivity index (χ2n) is 9.41. The van der Waals surface area contributed by atoms with Crippen molar-refractivity contribution < 1.29 is 19.2 Å². The first kappa shape index (κ1) is 12.8. The molecular formula is C40H26. The molecule has 8 aromatic rings. The van der Waals surface area contributed by atoms with Crippen molar-refractivity contribution in [3.63, 3.8) is 0 Å². The molecule has 8 rings (SSSR count). The third kappa shape index (κ3) is 3.61. The van der Waals surface area contributed by atoms with Gasteiger partial charge in [0.1, 0.15) is 0 Å². The number of fused-ring (bicyclic) bond motifs is 4. The molecule has 8 aromatic carbocycles. The fourth-order valence-electron chi connectivity index (χ4n) is 5.41. The topological polar surface area (TPSA) is 0 Å². The molecule has 0 aliphatic carbocycles. The molecule has 0 amide bonds. The van der Waals surface area contributed by atoms with Crippen molar-refractivity contribution in [1.82, 2.24) is 0 Å². The first-order valence-electron chi connectivity index (χ1n) is 19.7. The van der Waals surface area contributed by atoms with Crippen LogP contribution in [0.3, 0.4) is 0 Å². The molecule has 0 aliphatic heterocycles. The normalized spacial score (nSPS) is 16.4. The Hall–Kier alpha value is -5.20. The van der Waals surface area contributed by atoms with Crippen LogP contribution in [0.4, 0.5) is 0 Å². The van der Waals surface area contributed by atoms with Crippen molar-refractivity contribution in [3.05, 3.63) is 157 Å². The van der Waals surface area contributed by atoms with Gasteiger partial charge in [0, 0.05) is 0 Å². The summed E-state index contributed by atoms with van der Waals surface area (Å²) in [5.41, 5.74) is 1.54. The molecule has 0 heteroatoms. The lowest BCUT2D eigenvalue weighted by Crippen LogP contribution is -1.91. The number of rotatable bonds is 3. The Balaban J connectivity index is 1.60. The Kier molecular flexibility index (Phi) is 2.94. The van der Waals surface area contributed by atoms with Gasteiger partial charge in [-0.1, -0.05) is 151 Å². The third-order valence-corrected chi connectivity index (χ3v) is 7.20. The van der Waals surface area contributed by atoms with Gasteiger partial charge < -0.3 is 0 Å². The van der Waals surface area contributed by atoms with E-state index in [2.05, 4.69) is 0 Å². The van der Waals surface area contributed by atoms with Crippen LogP contribution in [0.5, 0.6) is 0 Å². The van der Waals surface area contributed by atoms with E-state index in [0.29, 0.717) is 5.56 Å². The maximum absolute atomic E-state index is 9.34. The minimum atomic E-state index is -0.666. The summed E-state index contributed by atoms with van der Waals surface area (Å²) < 4.78 is 124. The zero-order chi connectivity index (χ0) is 38.7. The molecule has 0 spiro atoms. The first-order chi connectivity index (χ1) is 25.7. The highest BCUT2D eigenvalue weighted by atomic mass is 14.2. The molecule has 0 heterocycles. The van der Waals surface area contributed by atoms with Crippen LogP contribution in [0.15, 0.2) is 157 Å². The van der Waals surface area contributed by atoms with Crippen molar-refractivity contribution in [2.45, 2.75) is 0 Å². The van der Waals surface area contributed by atoms with Crippen molar-refractivity contribution in [2.24, 2.45) is 0 Å². The van der Waals surface area contributed by atoms with Crippen molar-refractivity contribution >= 4 is 43.1 Å². The number of benzene rings is 8. The summed E-state index contributed by atoms with van der Waals surface area (Å²) in [6.07, 6.45) is 0. The van der Waals surface area contributed by atoms with Crippen LogP contribution in [0.25, 0.3) is 76.5 Å². The third-order valence-electron chi connectivity index (χ3n) is 7.20. The molecule has 0 saturated carbocycles. The van der Waals surface area contributed by atoms with Crippen molar-refractivity contribution in [3.8, 4) is 33.4 Å². The van der Waals surface area contributed by atoms with Crippen molar-refractivity contribution in [2.75, 3.05) is 0 Å². The van der Waals surface area contributed by atoms with Crippen molar-refractivity contribution in [1.29, 1.82) is 0 Å². The van der Waals surface area contributed by atoms with Crippen LogP contribution < -0.4 is 0 Å². The summed E-state index contributed by atoms with van der Waals surface area (Å²) in [6, 6.07) is 14.1. The van der Waals surface area contributed by atoms with E-state index in [0.717, 1.165) is 28.0 Å². The van der Waals surface area contributed by atoms with E-state index >= 15 is 0 Å². The fourth-order valence-corrected chi connectivity index (χ4v) is 5.41. The summed E-state index contributed by atoms with van der Waals surface area (Å²) in [6.45, 7) is 0. The lowest BCUT2D eigenvalue weighted by molar-refractivity contribution is 1.63. The first-order valence-corrected chi connectivity index (χ1v) is 12.7. The average molecular weight is 521 g/mol. The standard InChI is InChI=1S/C40H26/c1-2-12-31-26-32(25-20-27(31)10-1)40-37-17-7-5-15-35(37)39(36-16-6-8-18-38(36)40)30-23-21-29(22-24-30)34-19-9-13-28-11-3-4-14-33(28)34/h1-26H/i1D,5D,6D,7D,8D,10D,12D,15D,16D,17D,18D,20D,25D,26D. The molecule has 0 N–H and O–H groups in total. The summed E-state index contributed by atoms with van der Waals surface area (Å²) in [7, 11) is 0. The van der Waals surface area contributed by atoms with Gasteiger partial charge in [-0.15, -0.1) is 0 Å². The SMILES string of the molecule is [2H]c1cc([2H])c2c([2H])c(-c3c4c([2H])c([2H])c([2H])c([2H])c4c(-c4ccc(-c5cccc6ccccc56)cc4)c4c([2H])c([2H])c([2H])c([2H])c34)c([2H])c([2H])c2c1[2H]. The summed E-state index contributed by atoms with van der Waals surface area (Å²) >= 11 is 0. The van der Waals surface area contributed by atoms with E-state index in [1.807, 2.05) is 54.6 Å². The van der Waals surface area contributed by atoms with E-state index in [-0.39, 0.29) is 55.5 Å². The largest absolute Gasteiger partial charge is 0.0636 e. The molecule has 0 nitrogen and oxygen atoms in total. The number of hydrogen-bond acceptors (Lipinski definition) is 0. The minimum absolute atomic E-state index is 0.0886. The monoisotopic (exact) mass is 520 g/mol. The van der Waals surface area contributed by atoms with Gasteiger partial charge in [0.2, 0.25) is 0 Å². The molecule has 0 aromatic heterocycles. The van der Waals surface area contributed by atoms with E-state index < -0.39 is 78.1 Å². The second kappa shape index (κ2) is 9.22. The molecule has 0 fully saturated rings. The van der Waals surface area contributed by atoms with E-state index in [4.69, 9.17) is 12.3 Å². The van der Waals surface area contributed by atoms with Gasteiger partial charge >= 0.3 is 0 Å². The molecule has 0 saturated heterocycles. The van der Waals surface area contributed by atoms with Gasteiger partial charge in [-0.2, -0.15) is 0 Å². The predicted molar refractivity (Wildman–Crippen MR) is 173 cm³/mol. The van der Waals surface area contributed by atoms with Crippen LogP contribution in [-0.4, -0.2) is 0 Å². The number of hydrogen-bond donors (Lipinski definition) is 0. The van der Waals surface area contributed by atoms with E-state index in [1.165, 1.54) is 0 Å². The highest BCUT2D eigenvalue weighted by Crippen LogP contribution is 2.44. The Morgan fingerprint density at radius 1 is 0.350 bits per heavy atom. The highest BCUT2D eigenvalue weighted by molar-refractivity contribution is 6.21. The maximum Gasteiger partial charge on any atom is 0.0636 e. The zero-order valence-corrected chi connectivity index (χ0v) is 20.9. The average Bonchev–Trinajstić information content (AvgIpc) is 3.17. The second-order valence-corrected chi connectivity index (χ2v) is 9.41.